The fourth-order valence-electron chi connectivity index (χ4n) is 0.915. The SMILES string of the molecule is O=C(Nc1ccnc(Cl)n1)c1ccon1. The number of nitrogens with zero attached hydrogens (tertiary/aromatic N) is 3. The molecule has 7 heteroatoms. The minimum absolute atomic E-state index is 0.0629. The molecule has 0 aliphatic rings. The Morgan fingerprint density at radius 1 is 1.47 bits per heavy atom. The van der Waals surface area contributed by atoms with E-state index in [4.69, 9.17) is 11.6 Å². The summed E-state index contributed by atoms with van der Waals surface area (Å²) in [6, 6.07) is 2.96. The Kier molecular flexibility index (Phi) is 2.59. The maximum Gasteiger partial charge on any atom is 0.278 e. The lowest BCUT2D eigenvalue weighted by molar-refractivity contribution is 0.101. The van der Waals surface area contributed by atoms with Crippen LogP contribution in [0.4, 0.5) is 5.82 Å². The van der Waals surface area contributed by atoms with Crippen molar-refractivity contribution in [3.8, 4) is 0 Å². The highest BCUT2D eigenvalue weighted by atomic mass is 35.5. The molecule has 1 amide bonds. The van der Waals surface area contributed by atoms with Gasteiger partial charge in [0.15, 0.2) is 5.69 Å². The van der Waals surface area contributed by atoms with Crippen molar-refractivity contribution in [3.63, 3.8) is 0 Å². The number of hydrogen-bond donors (Lipinski definition) is 1. The van der Waals surface area contributed by atoms with Gasteiger partial charge < -0.3 is 9.84 Å². The van der Waals surface area contributed by atoms with Gasteiger partial charge in [-0.05, 0) is 17.7 Å². The van der Waals surface area contributed by atoms with Crippen molar-refractivity contribution in [3.05, 3.63) is 35.6 Å². The van der Waals surface area contributed by atoms with Crippen LogP contribution in [0, 0.1) is 0 Å². The molecule has 0 atom stereocenters. The number of carbonyl (C=O) groups excluding carboxylic acids is 1. The maximum absolute atomic E-state index is 11.4. The van der Waals surface area contributed by atoms with E-state index in [0.29, 0.717) is 5.82 Å². The van der Waals surface area contributed by atoms with Crippen LogP contribution in [0.2, 0.25) is 5.28 Å². The first kappa shape index (κ1) is 9.60. The fraction of sp³-hybridized carbons (Fsp3) is 0. The second-order valence-electron chi connectivity index (χ2n) is 2.55. The second kappa shape index (κ2) is 4.05. The molecule has 2 heterocycles. The van der Waals surface area contributed by atoms with E-state index in [9.17, 15) is 4.79 Å². The van der Waals surface area contributed by atoms with Gasteiger partial charge in [0.05, 0.1) is 0 Å². The third-order valence-electron chi connectivity index (χ3n) is 1.54. The topological polar surface area (TPSA) is 80.9 Å². The van der Waals surface area contributed by atoms with Gasteiger partial charge >= 0.3 is 0 Å². The van der Waals surface area contributed by atoms with Crippen LogP contribution in [0.5, 0.6) is 0 Å². The quantitative estimate of drug-likeness (QED) is 0.780. The van der Waals surface area contributed by atoms with E-state index >= 15 is 0 Å². The van der Waals surface area contributed by atoms with Crippen molar-refractivity contribution >= 4 is 23.3 Å². The summed E-state index contributed by atoms with van der Waals surface area (Å²) in [7, 11) is 0. The van der Waals surface area contributed by atoms with E-state index in [-0.39, 0.29) is 11.0 Å². The lowest BCUT2D eigenvalue weighted by atomic mass is 10.4. The summed E-state index contributed by atoms with van der Waals surface area (Å²) in [6.45, 7) is 0. The number of anilines is 1. The van der Waals surface area contributed by atoms with Crippen LogP contribution in [0.3, 0.4) is 0 Å². The minimum atomic E-state index is -0.418. The van der Waals surface area contributed by atoms with Crippen LogP contribution in [-0.4, -0.2) is 21.0 Å². The summed E-state index contributed by atoms with van der Waals surface area (Å²) in [5, 5.41) is 6.02. The molecule has 0 aromatic carbocycles. The highest BCUT2D eigenvalue weighted by molar-refractivity contribution is 6.28. The molecule has 76 valence electrons. The summed E-state index contributed by atoms with van der Waals surface area (Å²) in [5.74, 6) is -0.110. The minimum Gasteiger partial charge on any atom is -0.364 e. The normalized spacial score (nSPS) is 9.93. The first-order valence-corrected chi connectivity index (χ1v) is 4.34. The van der Waals surface area contributed by atoms with E-state index in [2.05, 4.69) is 25.0 Å². The zero-order valence-electron chi connectivity index (χ0n) is 7.35. The molecule has 0 saturated carbocycles. The van der Waals surface area contributed by atoms with Crippen LogP contribution < -0.4 is 5.32 Å². The predicted octanol–water partition coefficient (Wildman–Crippen LogP) is 1.37. The van der Waals surface area contributed by atoms with Gasteiger partial charge in [0.1, 0.15) is 12.1 Å². The molecule has 1 N–H and O–H groups in total. The number of halogens is 1. The molecule has 0 radical (unpaired) electrons. The summed E-state index contributed by atoms with van der Waals surface area (Å²) in [6.07, 6.45) is 2.75. The average molecular weight is 225 g/mol. The zero-order valence-corrected chi connectivity index (χ0v) is 8.10. The van der Waals surface area contributed by atoms with Crippen LogP contribution >= 0.6 is 11.6 Å². The highest BCUT2D eigenvalue weighted by Crippen LogP contribution is 2.07. The monoisotopic (exact) mass is 224 g/mol. The van der Waals surface area contributed by atoms with Crippen molar-refractivity contribution < 1.29 is 9.32 Å². The molecule has 0 spiro atoms. The van der Waals surface area contributed by atoms with Gasteiger partial charge in [-0.2, -0.15) is 0 Å². The van der Waals surface area contributed by atoms with Crippen molar-refractivity contribution in [2.75, 3.05) is 5.32 Å². The Hall–Kier alpha value is -1.95. The summed E-state index contributed by atoms with van der Waals surface area (Å²) in [5.41, 5.74) is 0.171. The van der Waals surface area contributed by atoms with E-state index < -0.39 is 5.91 Å². The van der Waals surface area contributed by atoms with Gasteiger partial charge in [-0.15, -0.1) is 0 Å². The van der Waals surface area contributed by atoms with Crippen molar-refractivity contribution in [2.45, 2.75) is 0 Å². The Morgan fingerprint density at radius 3 is 3.00 bits per heavy atom. The number of carbonyl (C=O) groups is 1. The molecule has 0 fully saturated rings. The number of hydrogen-bond acceptors (Lipinski definition) is 5. The molecule has 15 heavy (non-hydrogen) atoms. The Bertz CT molecular complexity index is 471. The Balaban J connectivity index is 2.13. The number of aromatic nitrogens is 3. The largest absolute Gasteiger partial charge is 0.364 e. The molecule has 2 aromatic heterocycles. The van der Waals surface area contributed by atoms with Gasteiger partial charge in [0.2, 0.25) is 5.28 Å². The molecule has 0 aliphatic heterocycles. The second-order valence-corrected chi connectivity index (χ2v) is 2.89. The third-order valence-corrected chi connectivity index (χ3v) is 1.72. The Labute approximate surface area is 89.3 Å². The average Bonchev–Trinajstić information content (AvgIpc) is 2.70. The molecule has 2 rings (SSSR count). The lowest BCUT2D eigenvalue weighted by Crippen LogP contribution is -2.13. The van der Waals surface area contributed by atoms with E-state index in [0.717, 1.165) is 0 Å². The van der Waals surface area contributed by atoms with Crippen LogP contribution in [0.25, 0.3) is 0 Å². The first-order chi connectivity index (χ1) is 7.25. The van der Waals surface area contributed by atoms with E-state index in [1.165, 1.54) is 24.6 Å². The molecule has 2 aromatic rings. The van der Waals surface area contributed by atoms with Crippen LogP contribution in [0.15, 0.2) is 29.1 Å². The predicted molar refractivity (Wildman–Crippen MR) is 51.5 cm³/mol. The molecular formula is C8H5ClN4O2. The maximum atomic E-state index is 11.4. The lowest BCUT2D eigenvalue weighted by Gasteiger charge is -2.00. The molecule has 0 saturated heterocycles. The molecule has 0 aliphatic carbocycles. The van der Waals surface area contributed by atoms with Gasteiger partial charge in [-0.3, -0.25) is 4.79 Å². The van der Waals surface area contributed by atoms with Crippen LogP contribution in [0.1, 0.15) is 10.5 Å². The van der Waals surface area contributed by atoms with Crippen LogP contribution in [-0.2, 0) is 0 Å². The smallest absolute Gasteiger partial charge is 0.278 e. The van der Waals surface area contributed by atoms with Gasteiger partial charge in [-0.25, -0.2) is 9.97 Å². The van der Waals surface area contributed by atoms with Crippen molar-refractivity contribution in [1.29, 1.82) is 0 Å². The zero-order chi connectivity index (χ0) is 10.7. The van der Waals surface area contributed by atoms with E-state index in [1.807, 2.05) is 0 Å². The Morgan fingerprint density at radius 2 is 2.33 bits per heavy atom. The number of nitrogens with one attached hydrogen (secondary N) is 1. The standard InChI is InChI=1S/C8H5ClN4O2/c9-8-10-3-1-6(12-8)11-7(14)5-2-4-15-13-5/h1-4H,(H,10,11,12,14). The molecular weight excluding hydrogens is 220 g/mol. The van der Waals surface area contributed by atoms with Crippen molar-refractivity contribution in [2.24, 2.45) is 0 Å². The van der Waals surface area contributed by atoms with Gasteiger partial charge in [0.25, 0.3) is 5.91 Å². The third kappa shape index (κ3) is 2.29. The summed E-state index contributed by atoms with van der Waals surface area (Å²) >= 11 is 5.55. The van der Waals surface area contributed by atoms with Crippen molar-refractivity contribution in [1.82, 2.24) is 15.1 Å². The van der Waals surface area contributed by atoms with E-state index in [1.54, 1.807) is 0 Å². The number of rotatable bonds is 2. The molecule has 6 nitrogen and oxygen atoms in total. The summed E-state index contributed by atoms with van der Waals surface area (Å²) in [4.78, 5) is 18.9. The fourth-order valence-corrected chi connectivity index (χ4v) is 1.06. The van der Waals surface area contributed by atoms with Gasteiger partial charge in [0, 0.05) is 12.3 Å². The number of amides is 1. The molecule has 0 unspecified atom stereocenters. The molecule has 0 bridgehead atoms. The highest BCUT2D eigenvalue weighted by Gasteiger charge is 2.09. The summed E-state index contributed by atoms with van der Waals surface area (Å²) < 4.78 is 4.53. The van der Waals surface area contributed by atoms with Gasteiger partial charge in [-0.1, -0.05) is 5.16 Å². The first-order valence-electron chi connectivity index (χ1n) is 3.96.